The van der Waals surface area contributed by atoms with Crippen molar-refractivity contribution in [1.29, 1.82) is 0 Å². The highest BCUT2D eigenvalue weighted by molar-refractivity contribution is 9.10. The lowest BCUT2D eigenvalue weighted by Gasteiger charge is -2.21. The maximum Gasteiger partial charge on any atom is 0.254 e. The molecule has 3 aromatic rings. The second-order valence-electron chi connectivity index (χ2n) is 9.60. The van der Waals surface area contributed by atoms with Gasteiger partial charge in [0.2, 0.25) is 10.0 Å². The van der Waals surface area contributed by atoms with Gasteiger partial charge < -0.3 is 10.2 Å². The summed E-state index contributed by atoms with van der Waals surface area (Å²) in [6, 6.07) is 19.6. The number of carbonyl (C=O) groups is 2. The van der Waals surface area contributed by atoms with Crippen LogP contribution in [0, 0.1) is 0 Å². The molecule has 1 aliphatic rings. The summed E-state index contributed by atoms with van der Waals surface area (Å²) in [5, 5.41) is 2.93. The van der Waals surface area contributed by atoms with Gasteiger partial charge >= 0.3 is 0 Å². The zero-order valence-corrected chi connectivity index (χ0v) is 24.5. The Bertz CT molecular complexity index is 1440. The lowest BCUT2D eigenvalue weighted by atomic mass is 9.97. The van der Waals surface area contributed by atoms with Crippen molar-refractivity contribution in [2.75, 3.05) is 20.6 Å². The quantitative estimate of drug-likeness (QED) is 0.389. The first kappa shape index (κ1) is 28.3. The van der Waals surface area contributed by atoms with Crippen molar-refractivity contribution in [3.8, 4) is 0 Å². The van der Waals surface area contributed by atoms with E-state index in [-0.39, 0.29) is 34.0 Å². The summed E-state index contributed by atoms with van der Waals surface area (Å²) in [7, 11) is -0.865. The molecule has 38 heavy (non-hydrogen) atoms. The fourth-order valence-electron chi connectivity index (χ4n) is 4.55. The van der Waals surface area contributed by atoms with Gasteiger partial charge in [-0.15, -0.1) is 0 Å². The molecule has 7 nitrogen and oxygen atoms in total. The zero-order valence-electron chi connectivity index (χ0n) is 21.3. The van der Waals surface area contributed by atoms with Crippen LogP contribution in [0.5, 0.6) is 0 Å². The predicted octanol–water partition coefficient (Wildman–Crippen LogP) is 5.30. The minimum atomic E-state index is -3.71. The Morgan fingerprint density at radius 3 is 2.34 bits per heavy atom. The maximum atomic E-state index is 13.2. The summed E-state index contributed by atoms with van der Waals surface area (Å²) in [5.41, 5.74) is 2.69. The first-order valence-electron chi connectivity index (χ1n) is 12.1. The van der Waals surface area contributed by atoms with E-state index in [1.165, 1.54) is 37.9 Å². The summed E-state index contributed by atoms with van der Waals surface area (Å²) >= 11 is 9.64. The molecular formula is C28H29BrClN3O4S. The van der Waals surface area contributed by atoms with Gasteiger partial charge in [0.15, 0.2) is 0 Å². The number of nitrogens with zero attached hydrogens (tertiary/aromatic N) is 2. The van der Waals surface area contributed by atoms with Gasteiger partial charge in [-0.1, -0.05) is 51.8 Å². The van der Waals surface area contributed by atoms with E-state index in [0.29, 0.717) is 18.0 Å². The van der Waals surface area contributed by atoms with Gasteiger partial charge in [0.1, 0.15) is 0 Å². The Labute approximate surface area is 237 Å². The molecule has 0 aromatic heterocycles. The van der Waals surface area contributed by atoms with Crippen molar-refractivity contribution < 1.29 is 18.0 Å². The molecule has 1 saturated heterocycles. The van der Waals surface area contributed by atoms with E-state index in [1.807, 2.05) is 17.0 Å². The second kappa shape index (κ2) is 11.6. The number of nitrogens with one attached hydrogen (secondary N) is 1. The number of amides is 2. The van der Waals surface area contributed by atoms with E-state index in [0.717, 1.165) is 20.8 Å². The number of benzene rings is 3. The van der Waals surface area contributed by atoms with Crippen LogP contribution in [0.15, 0.2) is 76.1 Å². The minimum Gasteiger partial charge on any atom is -0.348 e. The number of carbonyl (C=O) groups excluding carboxylic acids is 2. The zero-order chi connectivity index (χ0) is 27.6. The van der Waals surface area contributed by atoms with Gasteiger partial charge in [0.05, 0.1) is 15.5 Å². The van der Waals surface area contributed by atoms with Crippen molar-refractivity contribution in [2.45, 2.75) is 36.7 Å². The third-order valence-corrected chi connectivity index (χ3v) is 9.46. The summed E-state index contributed by atoms with van der Waals surface area (Å²) in [5.74, 6) is -0.205. The molecule has 2 atom stereocenters. The van der Waals surface area contributed by atoms with Crippen LogP contribution in [-0.4, -0.2) is 56.1 Å². The highest BCUT2D eigenvalue weighted by atomic mass is 79.9. The molecule has 10 heteroatoms. The Kier molecular flexibility index (Phi) is 8.62. The summed E-state index contributed by atoms with van der Waals surface area (Å²) in [6.07, 6.45) is 0.914. The van der Waals surface area contributed by atoms with Crippen LogP contribution in [0.1, 0.15) is 51.1 Å². The molecular weight excluding hydrogens is 590 g/mol. The monoisotopic (exact) mass is 617 g/mol. The normalized spacial score (nSPS) is 17.6. The van der Waals surface area contributed by atoms with Crippen molar-refractivity contribution in [3.63, 3.8) is 0 Å². The van der Waals surface area contributed by atoms with Gasteiger partial charge in [-0.2, -0.15) is 0 Å². The van der Waals surface area contributed by atoms with Gasteiger partial charge in [0, 0.05) is 49.2 Å². The SMILES string of the molecule is CC1CC(c2ccc(Br)cc2)CN1C(=O)c1ccc(CNC(=O)c2cc(S(=O)(=O)N(C)C)ccc2Cl)cc1. The number of hydrogen-bond donors (Lipinski definition) is 1. The fraction of sp³-hybridized carbons (Fsp3) is 0.286. The van der Waals surface area contributed by atoms with Crippen molar-refractivity contribution >= 4 is 49.4 Å². The molecule has 0 spiro atoms. The van der Waals surface area contributed by atoms with E-state index in [1.54, 1.807) is 24.3 Å². The largest absolute Gasteiger partial charge is 0.348 e. The molecule has 1 fully saturated rings. The third-order valence-electron chi connectivity index (χ3n) is 6.79. The topological polar surface area (TPSA) is 86.8 Å². The van der Waals surface area contributed by atoms with Crippen LogP contribution in [0.25, 0.3) is 0 Å². The first-order chi connectivity index (χ1) is 18.0. The second-order valence-corrected chi connectivity index (χ2v) is 13.1. The predicted molar refractivity (Wildman–Crippen MR) is 152 cm³/mol. The highest BCUT2D eigenvalue weighted by Gasteiger charge is 2.33. The Morgan fingerprint density at radius 1 is 1.05 bits per heavy atom. The summed E-state index contributed by atoms with van der Waals surface area (Å²) < 4.78 is 26.9. The molecule has 0 radical (unpaired) electrons. The fourth-order valence-corrected chi connectivity index (χ4v) is 5.94. The molecule has 1 aliphatic heterocycles. The Balaban J connectivity index is 1.39. The average molecular weight is 619 g/mol. The van der Waals surface area contributed by atoms with Crippen LogP contribution >= 0.6 is 27.5 Å². The minimum absolute atomic E-state index is 0.0153. The number of hydrogen-bond acceptors (Lipinski definition) is 4. The van der Waals surface area contributed by atoms with Gasteiger partial charge in [-0.3, -0.25) is 9.59 Å². The lowest BCUT2D eigenvalue weighted by Crippen LogP contribution is -2.33. The Morgan fingerprint density at radius 2 is 1.71 bits per heavy atom. The number of sulfonamides is 1. The molecule has 4 rings (SSSR count). The molecule has 2 amide bonds. The van der Waals surface area contributed by atoms with E-state index < -0.39 is 15.9 Å². The summed E-state index contributed by atoms with van der Waals surface area (Å²) in [4.78, 5) is 27.9. The van der Waals surface area contributed by atoms with Crippen LogP contribution in [0.3, 0.4) is 0 Å². The van der Waals surface area contributed by atoms with Crippen LogP contribution in [-0.2, 0) is 16.6 Å². The maximum absolute atomic E-state index is 13.2. The molecule has 1 heterocycles. The van der Waals surface area contributed by atoms with E-state index in [2.05, 4.69) is 40.3 Å². The molecule has 2 unspecified atom stereocenters. The van der Waals surface area contributed by atoms with Crippen LogP contribution in [0.2, 0.25) is 5.02 Å². The van der Waals surface area contributed by atoms with Crippen LogP contribution in [0.4, 0.5) is 0 Å². The van der Waals surface area contributed by atoms with Crippen molar-refractivity contribution in [1.82, 2.24) is 14.5 Å². The van der Waals surface area contributed by atoms with Gasteiger partial charge in [-0.25, -0.2) is 12.7 Å². The van der Waals surface area contributed by atoms with Gasteiger partial charge in [0.25, 0.3) is 11.8 Å². The Hall–Kier alpha value is -2.72. The number of halogens is 2. The lowest BCUT2D eigenvalue weighted by molar-refractivity contribution is 0.0745. The third kappa shape index (κ3) is 6.12. The standard InChI is InChI=1S/C28H29BrClN3O4S/c1-18-14-22(20-8-10-23(29)11-9-20)17-33(18)28(35)21-6-4-19(5-7-21)16-31-27(34)25-15-24(12-13-26(25)30)38(36,37)32(2)3/h4-13,15,18,22H,14,16-17H2,1-3H3,(H,31,34). The van der Waals surface area contributed by atoms with Crippen LogP contribution < -0.4 is 5.32 Å². The molecule has 0 bridgehead atoms. The van der Waals surface area contributed by atoms with E-state index in [9.17, 15) is 18.0 Å². The first-order valence-corrected chi connectivity index (χ1v) is 14.7. The van der Waals surface area contributed by atoms with Crippen molar-refractivity contribution in [2.24, 2.45) is 0 Å². The number of likely N-dealkylation sites (tertiary alicyclic amines) is 1. The number of rotatable bonds is 7. The summed E-state index contributed by atoms with van der Waals surface area (Å²) in [6.45, 7) is 2.94. The molecule has 1 N–H and O–H groups in total. The van der Waals surface area contributed by atoms with E-state index >= 15 is 0 Å². The molecule has 0 saturated carbocycles. The van der Waals surface area contributed by atoms with Crippen molar-refractivity contribution in [3.05, 3.63) is 98.5 Å². The van der Waals surface area contributed by atoms with E-state index in [4.69, 9.17) is 11.6 Å². The highest BCUT2D eigenvalue weighted by Crippen LogP contribution is 2.33. The molecule has 200 valence electrons. The van der Waals surface area contributed by atoms with Gasteiger partial charge in [-0.05, 0) is 66.9 Å². The smallest absolute Gasteiger partial charge is 0.254 e. The molecule has 0 aliphatic carbocycles. The molecule has 3 aromatic carbocycles. The average Bonchev–Trinajstić information content (AvgIpc) is 3.29.